The zero-order valence-corrected chi connectivity index (χ0v) is 13.7. The van der Waals surface area contributed by atoms with Crippen LogP contribution in [0.4, 0.5) is 11.4 Å². The van der Waals surface area contributed by atoms with Crippen LogP contribution in [0.5, 0.6) is 0 Å². The third-order valence-corrected chi connectivity index (χ3v) is 3.79. The minimum Gasteiger partial charge on any atom is -0.321 e. The second-order valence-electron chi connectivity index (χ2n) is 4.38. The van der Waals surface area contributed by atoms with Gasteiger partial charge in [-0.15, -0.1) is 0 Å². The Balaban J connectivity index is 2.14. The van der Waals surface area contributed by atoms with Crippen molar-refractivity contribution >= 4 is 58.2 Å². The van der Waals surface area contributed by atoms with Crippen LogP contribution < -0.4 is 5.32 Å². The van der Waals surface area contributed by atoms with Gasteiger partial charge >= 0.3 is 0 Å². The molecule has 2 aromatic rings. The molecule has 2 aromatic carbocycles. The molecule has 1 N–H and O–H groups in total. The quantitative estimate of drug-likeness (QED) is 0.456. The molecule has 0 radical (unpaired) electrons. The Morgan fingerprint density at radius 2 is 1.74 bits per heavy atom. The van der Waals surface area contributed by atoms with E-state index in [0.29, 0.717) is 15.6 Å². The lowest BCUT2D eigenvalue weighted by molar-refractivity contribution is -0.384. The van der Waals surface area contributed by atoms with Gasteiger partial charge in [-0.1, -0.05) is 40.9 Å². The van der Waals surface area contributed by atoms with Crippen molar-refractivity contribution in [3.63, 3.8) is 0 Å². The molecule has 0 aliphatic rings. The highest BCUT2D eigenvalue weighted by Gasteiger charge is 2.10. The molecule has 0 aliphatic heterocycles. The molecule has 0 aliphatic carbocycles. The van der Waals surface area contributed by atoms with Gasteiger partial charge in [0.05, 0.1) is 15.6 Å². The minimum atomic E-state index is -0.573. The first-order valence-corrected chi connectivity index (χ1v) is 7.39. The van der Waals surface area contributed by atoms with E-state index in [1.165, 1.54) is 24.3 Å². The Bertz CT molecular complexity index is 786. The lowest BCUT2D eigenvalue weighted by Crippen LogP contribution is -2.08. The first-order chi connectivity index (χ1) is 10.9. The van der Waals surface area contributed by atoms with Gasteiger partial charge in [0.25, 0.3) is 5.69 Å². The molecule has 2 rings (SSSR count). The van der Waals surface area contributed by atoms with Crippen LogP contribution >= 0.6 is 34.8 Å². The number of carbonyl (C=O) groups is 1. The highest BCUT2D eigenvalue weighted by Crippen LogP contribution is 2.27. The highest BCUT2D eigenvalue weighted by molar-refractivity contribution is 6.37. The summed E-state index contributed by atoms with van der Waals surface area (Å²) in [4.78, 5) is 22.0. The highest BCUT2D eigenvalue weighted by atomic mass is 35.5. The van der Waals surface area contributed by atoms with Crippen molar-refractivity contribution in [1.82, 2.24) is 0 Å². The van der Waals surface area contributed by atoms with Crippen LogP contribution in [0.2, 0.25) is 15.1 Å². The molecule has 0 heterocycles. The molecule has 8 heteroatoms. The summed E-state index contributed by atoms with van der Waals surface area (Å²) in [6, 6.07) is 8.76. The molecule has 0 saturated heterocycles. The third-order valence-electron chi connectivity index (χ3n) is 2.82. The molecule has 5 nitrogen and oxygen atoms in total. The van der Waals surface area contributed by atoms with Crippen LogP contribution in [-0.2, 0) is 4.79 Å². The average Bonchev–Trinajstić information content (AvgIpc) is 2.48. The van der Waals surface area contributed by atoms with E-state index in [0.717, 1.165) is 6.07 Å². The number of nitrogens with zero attached hydrogens (tertiary/aromatic N) is 1. The Morgan fingerprint density at radius 1 is 1.09 bits per heavy atom. The summed E-state index contributed by atoms with van der Waals surface area (Å²) in [7, 11) is 0. The predicted octanol–water partition coefficient (Wildman–Crippen LogP) is 5.21. The number of benzene rings is 2. The maximum absolute atomic E-state index is 11.9. The Morgan fingerprint density at radius 3 is 2.30 bits per heavy atom. The van der Waals surface area contributed by atoms with Crippen molar-refractivity contribution in [2.75, 3.05) is 5.32 Å². The second-order valence-corrected chi connectivity index (χ2v) is 5.60. The van der Waals surface area contributed by atoms with Crippen molar-refractivity contribution in [3.8, 4) is 0 Å². The maximum Gasteiger partial charge on any atom is 0.271 e. The number of amides is 1. The summed E-state index contributed by atoms with van der Waals surface area (Å²) >= 11 is 17.9. The van der Waals surface area contributed by atoms with Crippen LogP contribution in [-0.4, -0.2) is 10.8 Å². The largest absolute Gasteiger partial charge is 0.321 e. The smallest absolute Gasteiger partial charge is 0.271 e. The monoisotopic (exact) mass is 370 g/mol. The summed E-state index contributed by atoms with van der Waals surface area (Å²) in [6.45, 7) is 0. The zero-order chi connectivity index (χ0) is 17.0. The lowest BCUT2D eigenvalue weighted by atomic mass is 10.2. The number of carbonyl (C=O) groups excluding carboxylic acids is 1. The molecule has 118 valence electrons. The zero-order valence-electron chi connectivity index (χ0n) is 11.4. The molecule has 0 fully saturated rings. The van der Waals surface area contributed by atoms with Crippen LogP contribution in [0.15, 0.2) is 42.5 Å². The van der Waals surface area contributed by atoms with Crippen molar-refractivity contribution in [3.05, 3.63) is 73.2 Å². The molecule has 23 heavy (non-hydrogen) atoms. The fourth-order valence-electron chi connectivity index (χ4n) is 1.72. The molecule has 0 bridgehead atoms. The molecule has 0 atom stereocenters. The summed E-state index contributed by atoms with van der Waals surface area (Å²) in [5.41, 5.74) is 0.615. The number of anilines is 1. The predicted molar refractivity (Wildman–Crippen MR) is 92.2 cm³/mol. The van der Waals surface area contributed by atoms with Crippen LogP contribution in [0.25, 0.3) is 6.08 Å². The molecule has 0 aromatic heterocycles. The average molecular weight is 372 g/mol. The van der Waals surface area contributed by atoms with Gasteiger partial charge in [-0.25, -0.2) is 0 Å². The lowest BCUT2D eigenvalue weighted by Gasteiger charge is -2.05. The van der Waals surface area contributed by atoms with Gasteiger partial charge in [0.15, 0.2) is 0 Å². The Labute approximate surface area is 146 Å². The van der Waals surface area contributed by atoms with E-state index in [-0.39, 0.29) is 16.4 Å². The van der Waals surface area contributed by atoms with E-state index in [9.17, 15) is 14.9 Å². The van der Waals surface area contributed by atoms with Crippen molar-refractivity contribution in [2.24, 2.45) is 0 Å². The summed E-state index contributed by atoms with van der Waals surface area (Å²) < 4.78 is 0. The summed E-state index contributed by atoms with van der Waals surface area (Å²) in [5, 5.41) is 14.0. The van der Waals surface area contributed by atoms with E-state index in [1.807, 2.05) is 0 Å². The molecular weight excluding hydrogens is 363 g/mol. The molecule has 1 amide bonds. The fraction of sp³-hybridized carbons (Fsp3) is 0. The number of non-ortho nitro benzene ring substituents is 1. The maximum atomic E-state index is 11.9. The van der Waals surface area contributed by atoms with Gasteiger partial charge in [-0.2, -0.15) is 0 Å². The van der Waals surface area contributed by atoms with Crippen molar-refractivity contribution in [1.29, 1.82) is 0 Å². The fourth-order valence-corrected chi connectivity index (χ4v) is 2.47. The van der Waals surface area contributed by atoms with Crippen LogP contribution in [0, 0.1) is 10.1 Å². The van der Waals surface area contributed by atoms with E-state index < -0.39 is 10.8 Å². The van der Waals surface area contributed by atoms with E-state index >= 15 is 0 Å². The minimum absolute atomic E-state index is 0.0664. The van der Waals surface area contributed by atoms with Crippen LogP contribution in [0.3, 0.4) is 0 Å². The Kier molecular flexibility index (Phi) is 5.60. The number of nitro groups is 1. The van der Waals surface area contributed by atoms with Gasteiger partial charge in [0.1, 0.15) is 0 Å². The number of halogens is 3. The summed E-state index contributed by atoms with van der Waals surface area (Å²) in [5.74, 6) is -0.475. The van der Waals surface area contributed by atoms with Crippen LogP contribution in [0.1, 0.15) is 5.56 Å². The Hall–Kier alpha value is -2.08. The standard InChI is InChI=1S/C15H9Cl3N2O3/c16-11-2-1-3-12(17)10(11)5-7-15(21)19-14-6-4-9(20(22)23)8-13(14)18/h1-8H,(H,19,21)/b7-5-. The van der Waals surface area contributed by atoms with E-state index in [1.54, 1.807) is 18.2 Å². The van der Waals surface area contributed by atoms with Gasteiger partial charge in [0, 0.05) is 33.8 Å². The third kappa shape index (κ3) is 4.45. The molecule has 0 spiro atoms. The van der Waals surface area contributed by atoms with Gasteiger partial charge in [-0.3, -0.25) is 14.9 Å². The molecular formula is C15H9Cl3N2O3. The van der Waals surface area contributed by atoms with E-state index in [4.69, 9.17) is 34.8 Å². The topological polar surface area (TPSA) is 72.2 Å². The first kappa shape index (κ1) is 17.3. The van der Waals surface area contributed by atoms with Crippen molar-refractivity contribution < 1.29 is 9.72 Å². The number of nitro benzene ring substituents is 1. The van der Waals surface area contributed by atoms with Gasteiger partial charge in [-0.05, 0) is 24.3 Å². The van der Waals surface area contributed by atoms with Crippen molar-refractivity contribution in [2.45, 2.75) is 0 Å². The number of rotatable bonds is 4. The number of hydrogen-bond acceptors (Lipinski definition) is 3. The molecule has 0 saturated carbocycles. The second kappa shape index (κ2) is 7.46. The number of hydrogen-bond donors (Lipinski definition) is 1. The first-order valence-electron chi connectivity index (χ1n) is 6.25. The number of nitrogens with one attached hydrogen (secondary N) is 1. The SMILES string of the molecule is O=C(/C=C\c1c(Cl)cccc1Cl)Nc1ccc([N+](=O)[O-])cc1Cl. The summed E-state index contributed by atoms with van der Waals surface area (Å²) in [6.07, 6.45) is 2.71. The van der Waals surface area contributed by atoms with E-state index in [2.05, 4.69) is 5.32 Å². The molecule has 0 unspecified atom stereocenters. The van der Waals surface area contributed by atoms with Gasteiger partial charge < -0.3 is 5.32 Å². The normalized spacial score (nSPS) is 10.7. The van der Waals surface area contributed by atoms with Gasteiger partial charge in [0.2, 0.25) is 5.91 Å².